The molecule has 192 valence electrons. The van der Waals surface area contributed by atoms with Crippen LogP contribution in [0.3, 0.4) is 0 Å². The van der Waals surface area contributed by atoms with Gasteiger partial charge in [-0.2, -0.15) is 0 Å². The van der Waals surface area contributed by atoms with Crippen molar-refractivity contribution in [2.45, 2.75) is 19.0 Å². The molecule has 1 unspecified atom stereocenters. The number of halogens is 1. The van der Waals surface area contributed by atoms with Crippen molar-refractivity contribution in [2.75, 3.05) is 56.9 Å². The molecule has 2 aliphatic rings. The van der Waals surface area contributed by atoms with Crippen LogP contribution in [0.15, 0.2) is 42.7 Å². The Bertz CT molecular complexity index is 1490. The average molecular weight is 520 g/mol. The minimum absolute atomic E-state index is 0.402. The van der Waals surface area contributed by atoms with E-state index in [1.807, 2.05) is 24.3 Å². The Labute approximate surface area is 220 Å². The van der Waals surface area contributed by atoms with Crippen molar-refractivity contribution >= 4 is 45.5 Å². The summed E-state index contributed by atoms with van der Waals surface area (Å²) in [7, 11) is 5.87. The maximum absolute atomic E-state index is 6.61. The molecular weight excluding hydrogens is 490 g/mol. The van der Waals surface area contributed by atoms with Crippen LogP contribution in [0.1, 0.15) is 6.42 Å². The van der Waals surface area contributed by atoms with Gasteiger partial charge in [0.1, 0.15) is 18.1 Å². The number of hydrogen-bond donors (Lipinski definition) is 2. The maximum atomic E-state index is 6.61. The normalized spacial score (nSPS) is 17.1. The van der Waals surface area contributed by atoms with E-state index in [0.29, 0.717) is 46.4 Å². The Hall–Kier alpha value is -3.69. The van der Waals surface area contributed by atoms with Gasteiger partial charge in [-0.15, -0.1) is 0 Å². The predicted molar refractivity (Wildman–Crippen MR) is 148 cm³/mol. The molecule has 2 aromatic carbocycles. The molecule has 9 nitrogen and oxygen atoms in total. The van der Waals surface area contributed by atoms with Crippen molar-refractivity contribution in [1.29, 1.82) is 0 Å². The summed E-state index contributed by atoms with van der Waals surface area (Å²) in [6.45, 7) is 3.49. The largest absolute Gasteiger partial charge is 0.494 e. The second-order valence-corrected chi connectivity index (χ2v) is 10.1. The van der Waals surface area contributed by atoms with E-state index in [-0.39, 0.29) is 0 Å². The van der Waals surface area contributed by atoms with E-state index in [9.17, 15) is 0 Å². The summed E-state index contributed by atoms with van der Waals surface area (Å²) in [6, 6.07) is 10.3. The SMILES string of the molecule is COc1cc(N(C)C2CCN(C)C2)c(N)cc1Nc1ncc(Cl)c(-c2cn3c4c(cccc24)OCC3)n1. The number of hydrogen-bond acceptors (Lipinski definition) is 8. The lowest BCUT2D eigenvalue weighted by Gasteiger charge is -2.28. The van der Waals surface area contributed by atoms with E-state index < -0.39 is 0 Å². The number of nitrogen functional groups attached to an aromatic ring is 1. The van der Waals surface area contributed by atoms with Gasteiger partial charge in [0.15, 0.2) is 0 Å². The number of anilines is 4. The highest BCUT2D eigenvalue weighted by molar-refractivity contribution is 6.33. The molecule has 0 amide bonds. The molecule has 37 heavy (non-hydrogen) atoms. The molecule has 4 aromatic rings. The topological polar surface area (TPSA) is 93.7 Å². The van der Waals surface area contributed by atoms with Crippen LogP contribution in [0.4, 0.5) is 23.0 Å². The summed E-state index contributed by atoms with van der Waals surface area (Å²) in [4.78, 5) is 13.8. The van der Waals surface area contributed by atoms with Crippen LogP contribution in [-0.4, -0.2) is 66.4 Å². The van der Waals surface area contributed by atoms with Crippen LogP contribution in [-0.2, 0) is 6.54 Å². The van der Waals surface area contributed by atoms with E-state index in [4.69, 9.17) is 31.8 Å². The van der Waals surface area contributed by atoms with Gasteiger partial charge < -0.3 is 34.9 Å². The number of likely N-dealkylation sites (N-methyl/N-ethyl adjacent to an activating group) is 2. The number of nitrogens with one attached hydrogen (secondary N) is 1. The summed E-state index contributed by atoms with van der Waals surface area (Å²) >= 11 is 6.61. The second kappa shape index (κ2) is 9.32. The summed E-state index contributed by atoms with van der Waals surface area (Å²) in [5.41, 5.74) is 11.4. The maximum Gasteiger partial charge on any atom is 0.227 e. The fourth-order valence-electron chi connectivity index (χ4n) is 5.38. The van der Waals surface area contributed by atoms with Crippen LogP contribution < -0.4 is 25.4 Å². The van der Waals surface area contributed by atoms with E-state index >= 15 is 0 Å². The molecule has 1 saturated heterocycles. The van der Waals surface area contributed by atoms with Gasteiger partial charge in [-0.05, 0) is 32.1 Å². The molecular formula is C27H30ClN7O2. The molecule has 2 aromatic heterocycles. The van der Waals surface area contributed by atoms with Crippen LogP contribution in [0.5, 0.6) is 11.5 Å². The van der Waals surface area contributed by atoms with Gasteiger partial charge in [0.05, 0.1) is 53.1 Å². The first-order chi connectivity index (χ1) is 17.9. The third-order valence-corrected chi connectivity index (χ3v) is 7.62. The highest BCUT2D eigenvalue weighted by Gasteiger charge is 2.26. The Morgan fingerprint density at radius 3 is 2.92 bits per heavy atom. The Morgan fingerprint density at radius 2 is 2.14 bits per heavy atom. The molecule has 0 bridgehead atoms. The Morgan fingerprint density at radius 1 is 1.27 bits per heavy atom. The Kier molecular flexibility index (Phi) is 5.97. The summed E-state index contributed by atoms with van der Waals surface area (Å²) in [5, 5.41) is 4.80. The fraction of sp³-hybridized carbons (Fsp3) is 0.333. The van der Waals surface area contributed by atoms with Gasteiger partial charge in [-0.1, -0.05) is 23.7 Å². The van der Waals surface area contributed by atoms with Crippen molar-refractivity contribution in [3.05, 3.63) is 47.7 Å². The molecule has 0 spiro atoms. The van der Waals surface area contributed by atoms with Gasteiger partial charge >= 0.3 is 0 Å². The highest BCUT2D eigenvalue weighted by atomic mass is 35.5. The molecule has 1 atom stereocenters. The van der Waals surface area contributed by atoms with Gasteiger partial charge in [0, 0.05) is 42.8 Å². The van der Waals surface area contributed by atoms with Crippen molar-refractivity contribution < 1.29 is 9.47 Å². The number of methoxy groups -OCH3 is 1. The smallest absolute Gasteiger partial charge is 0.227 e. The lowest BCUT2D eigenvalue weighted by atomic mass is 10.1. The summed E-state index contributed by atoms with van der Waals surface area (Å²) in [5.74, 6) is 1.93. The third kappa shape index (κ3) is 4.18. The first-order valence-electron chi connectivity index (χ1n) is 12.4. The zero-order chi connectivity index (χ0) is 25.7. The van der Waals surface area contributed by atoms with Gasteiger partial charge in [-0.25, -0.2) is 9.97 Å². The zero-order valence-corrected chi connectivity index (χ0v) is 21.9. The molecule has 0 saturated carbocycles. The van der Waals surface area contributed by atoms with Crippen LogP contribution in [0, 0.1) is 0 Å². The third-order valence-electron chi connectivity index (χ3n) is 7.34. The molecule has 0 radical (unpaired) electrons. The molecule has 4 heterocycles. The number of benzene rings is 2. The Balaban J connectivity index is 1.34. The van der Waals surface area contributed by atoms with Crippen LogP contribution in [0.25, 0.3) is 22.2 Å². The average Bonchev–Trinajstić information content (AvgIpc) is 3.50. The number of nitrogens with two attached hydrogens (primary N) is 1. The van der Waals surface area contributed by atoms with Gasteiger partial charge in [-0.3, -0.25) is 0 Å². The van der Waals surface area contributed by atoms with E-state index in [2.05, 4.69) is 51.0 Å². The number of para-hydroxylation sites is 1. The van der Waals surface area contributed by atoms with Crippen molar-refractivity contribution in [2.24, 2.45) is 0 Å². The standard InChI is InChI=1S/C27H30ClN7O2/c1-33-8-7-16(14-33)34(2)22-12-24(36-3)21(11-20(22)29)31-27-30-13-19(28)25(32-27)18-15-35-9-10-37-23-6-4-5-17(18)26(23)35/h4-6,11-13,15-16H,7-10,14,29H2,1-3H3,(H,30,31,32). The molecule has 6 rings (SSSR count). The van der Waals surface area contributed by atoms with Crippen LogP contribution in [0.2, 0.25) is 5.02 Å². The number of ether oxygens (including phenoxy) is 2. The lowest BCUT2D eigenvalue weighted by Crippen LogP contribution is -2.34. The molecule has 1 fully saturated rings. The minimum atomic E-state index is 0.402. The first kappa shape index (κ1) is 23.7. The number of aromatic nitrogens is 3. The molecule has 10 heteroatoms. The van der Waals surface area contributed by atoms with Crippen molar-refractivity contribution in [1.82, 2.24) is 19.4 Å². The predicted octanol–water partition coefficient (Wildman–Crippen LogP) is 4.62. The van der Waals surface area contributed by atoms with E-state index in [1.165, 1.54) is 0 Å². The number of rotatable bonds is 6. The van der Waals surface area contributed by atoms with Crippen molar-refractivity contribution in [3.63, 3.8) is 0 Å². The van der Waals surface area contributed by atoms with Gasteiger partial charge in [0.25, 0.3) is 0 Å². The summed E-state index contributed by atoms with van der Waals surface area (Å²) in [6.07, 6.45) is 4.79. The van der Waals surface area contributed by atoms with Crippen molar-refractivity contribution in [3.8, 4) is 22.8 Å². The molecule has 2 aliphatic heterocycles. The zero-order valence-electron chi connectivity index (χ0n) is 21.2. The van der Waals surface area contributed by atoms with Gasteiger partial charge in [0.2, 0.25) is 5.95 Å². The monoisotopic (exact) mass is 519 g/mol. The van der Waals surface area contributed by atoms with E-state index in [0.717, 1.165) is 54.0 Å². The van der Waals surface area contributed by atoms with E-state index in [1.54, 1.807) is 13.3 Å². The number of likely N-dealkylation sites (tertiary alicyclic amines) is 1. The number of nitrogens with zero attached hydrogens (tertiary/aromatic N) is 5. The quantitative estimate of drug-likeness (QED) is 0.356. The fourth-order valence-corrected chi connectivity index (χ4v) is 5.57. The van der Waals surface area contributed by atoms with Crippen LogP contribution >= 0.6 is 11.6 Å². The first-order valence-corrected chi connectivity index (χ1v) is 12.7. The lowest BCUT2D eigenvalue weighted by molar-refractivity contribution is 0.287. The molecule has 0 aliphatic carbocycles. The second-order valence-electron chi connectivity index (χ2n) is 9.68. The summed E-state index contributed by atoms with van der Waals surface area (Å²) < 4.78 is 13.8. The highest BCUT2D eigenvalue weighted by Crippen LogP contribution is 2.40. The molecule has 3 N–H and O–H groups in total. The minimum Gasteiger partial charge on any atom is -0.494 e.